The van der Waals surface area contributed by atoms with Gasteiger partial charge in [0.25, 0.3) is 0 Å². The van der Waals surface area contributed by atoms with Crippen molar-refractivity contribution in [2.45, 2.75) is 46.6 Å². The molecule has 3 heteroatoms. The van der Waals surface area contributed by atoms with E-state index < -0.39 is 11.6 Å². The molecule has 0 aromatic heterocycles. The van der Waals surface area contributed by atoms with Crippen LogP contribution in [0.1, 0.15) is 50.8 Å². The highest BCUT2D eigenvalue weighted by molar-refractivity contribution is 5.28. The van der Waals surface area contributed by atoms with Gasteiger partial charge in [-0.25, -0.2) is 8.78 Å². The summed E-state index contributed by atoms with van der Waals surface area (Å²) in [6, 6.07) is 2.58. The summed E-state index contributed by atoms with van der Waals surface area (Å²) in [5.41, 5.74) is 1.08. The van der Waals surface area contributed by atoms with Crippen molar-refractivity contribution in [3.8, 4) is 0 Å². The van der Waals surface area contributed by atoms with Gasteiger partial charge >= 0.3 is 0 Å². The molecule has 0 heterocycles. The van der Waals surface area contributed by atoms with Gasteiger partial charge in [-0.1, -0.05) is 20.8 Å². The molecule has 0 aliphatic rings. The van der Waals surface area contributed by atoms with Crippen molar-refractivity contribution >= 4 is 0 Å². The van der Waals surface area contributed by atoms with Crippen LogP contribution in [0, 0.1) is 24.5 Å². The molecule has 1 aromatic carbocycles. The normalized spacial score (nSPS) is 13.1. The molecule has 0 radical (unpaired) electrons. The Hall–Kier alpha value is -0.960. The molecule has 1 aromatic rings. The van der Waals surface area contributed by atoms with E-state index in [1.165, 1.54) is 0 Å². The van der Waals surface area contributed by atoms with Gasteiger partial charge in [-0.15, -0.1) is 0 Å². The maximum absolute atomic E-state index is 13.9. The van der Waals surface area contributed by atoms with Crippen molar-refractivity contribution in [2.24, 2.45) is 5.92 Å². The van der Waals surface area contributed by atoms with Crippen LogP contribution in [0.25, 0.3) is 0 Å². The molecule has 1 unspecified atom stereocenters. The van der Waals surface area contributed by atoms with Gasteiger partial charge in [-0.2, -0.15) is 0 Å². The van der Waals surface area contributed by atoms with E-state index in [1.54, 1.807) is 13.0 Å². The Morgan fingerprint density at radius 2 is 1.83 bits per heavy atom. The molecule has 0 bridgehead atoms. The van der Waals surface area contributed by atoms with E-state index in [9.17, 15) is 8.78 Å². The Bertz CT molecular complexity index is 388. The molecule has 1 nitrogen and oxygen atoms in total. The zero-order valence-corrected chi connectivity index (χ0v) is 11.7. The number of hydrogen-bond acceptors (Lipinski definition) is 1. The van der Waals surface area contributed by atoms with Gasteiger partial charge in [0.05, 0.1) is 0 Å². The Labute approximate surface area is 109 Å². The highest BCUT2D eigenvalue weighted by Crippen LogP contribution is 2.26. The molecule has 0 saturated carbocycles. The first kappa shape index (κ1) is 15.1. The summed E-state index contributed by atoms with van der Waals surface area (Å²) in [5, 5.41) is 3.34. The summed E-state index contributed by atoms with van der Waals surface area (Å²) in [6.07, 6.45) is 1.85. The fourth-order valence-electron chi connectivity index (χ4n) is 2.06. The van der Waals surface area contributed by atoms with Gasteiger partial charge in [-0.05, 0) is 43.9 Å². The zero-order valence-electron chi connectivity index (χ0n) is 11.7. The predicted molar refractivity (Wildman–Crippen MR) is 71.6 cm³/mol. The van der Waals surface area contributed by atoms with Crippen molar-refractivity contribution < 1.29 is 8.78 Å². The van der Waals surface area contributed by atoms with E-state index in [0.717, 1.165) is 25.5 Å². The molecule has 0 amide bonds. The largest absolute Gasteiger partial charge is 0.310 e. The predicted octanol–water partition coefficient (Wildman–Crippen LogP) is 4.36. The Morgan fingerprint density at radius 3 is 2.39 bits per heavy atom. The fourth-order valence-corrected chi connectivity index (χ4v) is 2.06. The van der Waals surface area contributed by atoms with Gasteiger partial charge in [-0.3, -0.25) is 0 Å². The van der Waals surface area contributed by atoms with Crippen LogP contribution in [0.4, 0.5) is 8.78 Å². The average molecular weight is 255 g/mol. The van der Waals surface area contributed by atoms with Crippen LogP contribution in [0.5, 0.6) is 0 Å². The first-order valence-electron chi connectivity index (χ1n) is 6.64. The van der Waals surface area contributed by atoms with Crippen molar-refractivity contribution in [1.29, 1.82) is 0 Å². The average Bonchev–Trinajstić information content (AvgIpc) is 2.29. The lowest BCUT2D eigenvalue weighted by atomic mass is 9.95. The first-order valence-corrected chi connectivity index (χ1v) is 6.64. The molecule has 0 aliphatic carbocycles. The lowest BCUT2D eigenvalue weighted by Crippen LogP contribution is -2.24. The summed E-state index contributed by atoms with van der Waals surface area (Å²) in [5.74, 6) is -0.466. The number of nitrogens with one attached hydrogen (secondary N) is 1. The topological polar surface area (TPSA) is 12.0 Å². The minimum Gasteiger partial charge on any atom is -0.310 e. The highest BCUT2D eigenvalue weighted by Gasteiger charge is 2.18. The number of hydrogen-bond donors (Lipinski definition) is 1. The van der Waals surface area contributed by atoms with E-state index in [0.29, 0.717) is 17.0 Å². The van der Waals surface area contributed by atoms with E-state index in [4.69, 9.17) is 0 Å². The summed E-state index contributed by atoms with van der Waals surface area (Å²) < 4.78 is 27.2. The Kier molecular flexibility index (Phi) is 5.73. The van der Waals surface area contributed by atoms with Crippen LogP contribution in [-0.4, -0.2) is 6.54 Å². The number of benzene rings is 1. The molecule has 1 rings (SSSR count). The molecule has 1 atom stereocenters. The van der Waals surface area contributed by atoms with E-state index in [1.807, 2.05) is 0 Å². The molecule has 0 saturated heterocycles. The van der Waals surface area contributed by atoms with Gasteiger partial charge in [0.1, 0.15) is 11.6 Å². The molecule has 0 fully saturated rings. The van der Waals surface area contributed by atoms with Crippen LogP contribution in [0.2, 0.25) is 0 Å². The maximum atomic E-state index is 13.9. The SMILES string of the molecule is CCCNC(CC(C)C)c1cc(C)c(F)cc1F. The van der Waals surface area contributed by atoms with Gasteiger partial charge in [0.2, 0.25) is 0 Å². The van der Waals surface area contributed by atoms with Crippen molar-refractivity contribution in [3.05, 3.63) is 34.9 Å². The second kappa shape index (κ2) is 6.83. The van der Waals surface area contributed by atoms with Crippen LogP contribution in [0.15, 0.2) is 12.1 Å². The third-order valence-electron chi connectivity index (χ3n) is 3.00. The molecule has 102 valence electrons. The van der Waals surface area contributed by atoms with Crippen molar-refractivity contribution in [3.63, 3.8) is 0 Å². The zero-order chi connectivity index (χ0) is 13.7. The van der Waals surface area contributed by atoms with Crippen molar-refractivity contribution in [2.75, 3.05) is 6.54 Å². The number of halogens is 2. The van der Waals surface area contributed by atoms with Crippen LogP contribution in [-0.2, 0) is 0 Å². The summed E-state index contributed by atoms with van der Waals surface area (Å²) in [4.78, 5) is 0. The van der Waals surface area contributed by atoms with Gasteiger partial charge in [0.15, 0.2) is 0 Å². The second-order valence-corrected chi connectivity index (χ2v) is 5.26. The van der Waals surface area contributed by atoms with Gasteiger partial charge < -0.3 is 5.32 Å². The monoisotopic (exact) mass is 255 g/mol. The maximum Gasteiger partial charge on any atom is 0.130 e. The number of rotatable bonds is 6. The lowest BCUT2D eigenvalue weighted by molar-refractivity contribution is 0.414. The second-order valence-electron chi connectivity index (χ2n) is 5.26. The van der Waals surface area contributed by atoms with Crippen LogP contribution >= 0.6 is 0 Å². The standard InChI is InChI=1S/C15H23F2N/c1-5-6-18-15(7-10(2)3)12-8-11(4)13(16)9-14(12)17/h8-10,15,18H,5-7H2,1-4H3. The number of aryl methyl sites for hydroxylation is 1. The summed E-state index contributed by atoms with van der Waals surface area (Å²) >= 11 is 0. The molecule has 0 spiro atoms. The minimum absolute atomic E-state index is 0.0377. The summed E-state index contributed by atoms with van der Waals surface area (Å²) in [7, 11) is 0. The summed E-state index contributed by atoms with van der Waals surface area (Å²) in [6.45, 7) is 8.80. The van der Waals surface area contributed by atoms with E-state index >= 15 is 0 Å². The van der Waals surface area contributed by atoms with Crippen LogP contribution < -0.4 is 5.32 Å². The van der Waals surface area contributed by atoms with Crippen molar-refractivity contribution in [1.82, 2.24) is 5.32 Å². The Balaban J connectivity index is 2.99. The molecular formula is C15H23F2N. The third-order valence-corrected chi connectivity index (χ3v) is 3.00. The van der Waals surface area contributed by atoms with E-state index in [2.05, 4.69) is 26.1 Å². The highest BCUT2D eigenvalue weighted by atomic mass is 19.1. The lowest BCUT2D eigenvalue weighted by Gasteiger charge is -2.22. The molecular weight excluding hydrogens is 232 g/mol. The minimum atomic E-state index is -0.477. The Morgan fingerprint density at radius 1 is 1.17 bits per heavy atom. The van der Waals surface area contributed by atoms with Crippen LogP contribution in [0.3, 0.4) is 0 Å². The quantitative estimate of drug-likeness (QED) is 0.796. The van der Waals surface area contributed by atoms with Gasteiger partial charge in [0, 0.05) is 17.7 Å². The molecule has 1 N–H and O–H groups in total. The smallest absolute Gasteiger partial charge is 0.130 e. The van der Waals surface area contributed by atoms with E-state index in [-0.39, 0.29) is 6.04 Å². The molecule has 0 aliphatic heterocycles. The third kappa shape index (κ3) is 4.05. The fraction of sp³-hybridized carbons (Fsp3) is 0.600. The first-order chi connectivity index (χ1) is 8.45. The molecule has 18 heavy (non-hydrogen) atoms.